The highest BCUT2D eigenvalue weighted by molar-refractivity contribution is 7.98. The SMILES string of the molecule is Cc1ccccc1CSCCNC(C)c1cccs1. The lowest BCUT2D eigenvalue weighted by Gasteiger charge is -2.12. The molecule has 102 valence electrons. The Balaban J connectivity index is 1.64. The summed E-state index contributed by atoms with van der Waals surface area (Å²) in [7, 11) is 0. The summed E-state index contributed by atoms with van der Waals surface area (Å²) < 4.78 is 0. The molecule has 0 bridgehead atoms. The number of hydrogen-bond donors (Lipinski definition) is 1. The Morgan fingerprint density at radius 2 is 2.05 bits per heavy atom. The van der Waals surface area contributed by atoms with Crippen molar-refractivity contribution in [1.82, 2.24) is 5.32 Å². The summed E-state index contributed by atoms with van der Waals surface area (Å²) in [6, 6.07) is 13.4. The normalized spacial score (nSPS) is 12.5. The van der Waals surface area contributed by atoms with Gasteiger partial charge in [-0.2, -0.15) is 11.8 Å². The van der Waals surface area contributed by atoms with Crippen molar-refractivity contribution >= 4 is 23.1 Å². The summed E-state index contributed by atoms with van der Waals surface area (Å²) >= 11 is 3.82. The Hall–Kier alpha value is -0.770. The first-order valence-electron chi connectivity index (χ1n) is 6.66. The molecule has 0 saturated carbocycles. The summed E-state index contributed by atoms with van der Waals surface area (Å²) in [5, 5.41) is 5.71. The molecule has 0 aliphatic heterocycles. The van der Waals surface area contributed by atoms with Crippen LogP contribution in [0, 0.1) is 6.92 Å². The molecule has 0 amide bonds. The van der Waals surface area contributed by atoms with Gasteiger partial charge < -0.3 is 5.32 Å². The van der Waals surface area contributed by atoms with E-state index in [1.807, 2.05) is 23.1 Å². The number of thioether (sulfide) groups is 1. The van der Waals surface area contributed by atoms with Crippen LogP contribution in [-0.4, -0.2) is 12.3 Å². The average Bonchev–Trinajstić information content (AvgIpc) is 2.94. The van der Waals surface area contributed by atoms with Crippen molar-refractivity contribution in [3.63, 3.8) is 0 Å². The third-order valence-electron chi connectivity index (χ3n) is 3.19. The van der Waals surface area contributed by atoms with Crippen molar-refractivity contribution in [3.05, 3.63) is 57.8 Å². The summed E-state index contributed by atoms with van der Waals surface area (Å²) in [6.07, 6.45) is 0. The van der Waals surface area contributed by atoms with E-state index in [4.69, 9.17) is 0 Å². The number of thiophene rings is 1. The van der Waals surface area contributed by atoms with Gasteiger partial charge in [0.1, 0.15) is 0 Å². The molecule has 2 aromatic rings. The monoisotopic (exact) mass is 291 g/mol. The lowest BCUT2D eigenvalue weighted by Crippen LogP contribution is -2.20. The van der Waals surface area contributed by atoms with Gasteiger partial charge in [-0.1, -0.05) is 30.3 Å². The quantitative estimate of drug-likeness (QED) is 0.746. The fourth-order valence-electron chi connectivity index (χ4n) is 1.94. The third kappa shape index (κ3) is 4.68. The van der Waals surface area contributed by atoms with Gasteiger partial charge in [0.2, 0.25) is 0 Å². The van der Waals surface area contributed by atoms with Gasteiger partial charge in [0.25, 0.3) is 0 Å². The maximum Gasteiger partial charge on any atom is 0.0386 e. The molecule has 0 fully saturated rings. The zero-order valence-corrected chi connectivity index (χ0v) is 13.2. The smallest absolute Gasteiger partial charge is 0.0386 e. The lowest BCUT2D eigenvalue weighted by atomic mass is 10.1. The molecule has 1 N–H and O–H groups in total. The van der Waals surface area contributed by atoms with Gasteiger partial charge in [-0.25, -0.2) is 0 Å². The average molecular weight is 291 g/mol. The molecule has 1 aromatic carbocycles. The number of nitrogens with one attached hydrogen (secondary N) is 1. The van der Waals surface area contributed by atoms with E-state index < -0.39 is 0 Å². The van der Waals surface area contributed by atoms with Gasteiger partial charge in [0.05, 0.1) is 0 Å². The van der Waals surface area contributed by atoms with Gasteiger partial charge in [-0.05, 0) is 36.4 Å². The topological polar surface area (TPSA) is 12.0 Å². The van der Waals surface area contributed by atoms with Crippen molar-refractivity contribution in [2.24, 2.45) is 0 Å². The molecule has 19 heavy (non-hydrogen) atoms. The molecular weight excluding hydrogens is 270 g/mol. The maximum absolute atomic E-state index is 3.58. The highest BCUT2D eigenvalue weighted by Crippen LogP contribution is 2.19. The van der Waals surface area contributed by atoms with Crippen LogP contribution in [0.3, 0.4) is 0 Å². The first kappa shape index (κ1) is 14.6. The second kappa shape index (κ2) is 7.73. The van der Waals surface area contributed by atoms with Crippen LogP contribution in [0.2, 0.25) is 0 Å². The first-order chi connectivity index (χ1) is 9.27. The predicted octanol–water partition coefficient (Wildman–Crippen LogP) is 4.64. The van der Waals surface area contributed by atoms with E-state index in [0.717, 1.165) is 18.1 Å². The molecule has 1 atom stereocenters. The van der Waals surface area contributed by atoms with E-state index in [9.17, 15) is 0 Å². The molecule has 0 aliphatic carbocycles. The zero-order valence-electron chi connectivity index (χ0n) is 11.6. The standard InChI is InChI=1S/C16H21NS2/c1-13-6-3-4-7-15(13)12-18-11-9-17-14(2)16-8-5-10-19-16/h3-8,10,14,17H,9,11-12H2,1-2H3. The molecular formula is C16H21NS2. The molecule has 1 heterocycles. The molecule has 0 saturated heterocycles. The maximum atomic E-state index is 3.58. The summed E-state index contributed by atoms with van der Waals surface area (Å²) in [4.78, 5) is 1.42. The molecule has 3 heteroatoms. The van der Waals surface area contributed by atoms with Crippen molar-refractivity contribution in [2.45, 2.75) is 25.6 Å². The van der Waals surface area contributed by atoms with Gasteiger partial charge in [0, 0.05) is 29.0 Å². The Bertz CT molecular complexity index is 479. The van der Waals surface area contributed by atoms with Crippen molar-refractivity contribution in [1.29, 1.82) is 0 Å². The Morgan fingerprint density at radius 1 is 1.21 bits per heavy atom. The molecule has 0 radical (unpaired) electrons. The third-order valence-corrected chi connectivity index (χ3v) is 5.25. The Labute approximate surface area is 124 Å². The van der Waals surface area contributed by atoms with Crippen LogP contribution in [0.4, 0.5) is 0 Å². The Morgan fingerprint density at radius 3 is 2.79 bits per heavy atom. The fraction of sp³-hybridized carbons (Fsp3) is 0.375. The fourth-order valence-corrected chi connectivity index (χ4v) is 3.65. The van der Waals surface area contributed by atoms with Crippen molar-refractivity contribution in [3.8, 4) is 0 Å². The summed E-state index contributed by atoms with van der Waals surface area (Å²) in [5.74, 6) is 2.27. The van der Waals surface area contributed by atoms with E-state index in [1.165, 1.54) is 16.0 Å². The molecule has 1 unspecified atom stereocenters. The van der Waals surface area contributed by atoms with Crippen LogP contribution in [-0.2, 0) is 5.75 Å². The molecule has 1 aromatic heterocycles. The zero-order chi connectivity index (χ0) is 13.5. The van der Waals surface area contributed by atoms with Crippen molar-refractivity contribution in [2.75, 3.05) is 12.3 Å². The number of aryl methyl sites for hydroxylation is 1. The minimum Gasteiger partial charge on any atom is -0.309 e. The summed E-state index contributed by atoms with van der Waals surface area (Å²) in [6.45, 7) is 5.49. The van der Waals surface area contributed by atoms with E-state index in [0.29, 0.717) is 6.04 Å². The second-order valence-corrected chi connectivity index (χ2v) is 6.75. The van der Waals surface area contributed by atoms with E-state index in [1.54, 1.807) is 0 Å². The summed E-state index contributed by atoms with van der Waals surface area (Å²) in [5.41, 5.74) is 2.86. The predicted molar refractivity (Wildman–Crippen MR) is 88.1 cm³/mol. The highest BCUT2D eigenvalue weighted by atomic mass is 32.2. The van der Waals surface area contributed by atoms with Crippen LogP contribution in [0.1, 0.15) is 29.0 Å². The van der Waals surface area contributed by atoms with Crippen LogP contribution in [0.15, 0.2) is 41.8 Å². The first-order valence-corrected chi connectivity index (χ1v) is 8.70. The van der Waals surface area contributed by atoms with Crippen LogP contribution in [0.25, 0.3) is 0 Å². The number of rotatable bonds is 7. The van der Waals surface area contributed by atoms with Crippen LogP contribution >= 0.6 is 23.1 Å². The van der Waals surface area contributed by atoms with Crippen LogP contribution in [0.5, 0.6) is 0 Å². The minimum atomic E-state index is 0.471. The van der Waals surface area contributed by atoms with Gasteiger partial charge in [0.15, 0.2) is 0 Å². The van der Waals surface area contributed by atoms with E-state index >= 15 is 0 Å². The largest absolute Gasteiger partial charge is 0.309 e. The lowest BCUT2D eigenvalue weighted by molar-refractivity contribution is 0.610. The van der Waals surface area contributed by atoms with Crippen molar-refractivity contribution < 1.29 is 0 Å². The number of hydrogen-bond acceptors (Lipinski definition) is 3. The minimum absolute atomic E-state index is 0.471. The molecule has 0 spiro atoms. The highest BCUT2D eigenvalue weighted by Gasteiger charge is 2.04. The molecule has 1 nitrogen and oxygen atoms in total. The second-order valence-electron chi connectivity index (χ2n) is 4.67. The Kier molecular flexibility index (Phi) is 5.95. The van der Waals surface area contributed by atoms with E-state index in [-0.39, 0.29) is 0 Å². The van der Waals surface area contributed by atoms with Crippen LogP contribution < -0.4 is 5.32 Å². The molecule has 2 rings (SSSR count). The van der Waals surface area contributed by atoms with Gasteiger partial charge in [-0.3, -0.25) is 0 Å². The van der Waals surface area contributed by atoms with Gasteiger partial charge >= 0.3 is 0 Å². The van der Waals surface area contributed by atoms with Gasteiger partial charge in [-0.15, -0.1) is 11.3 Å². The number of benzene rings is 1. The molecule has 0 aliphatic rings. The van der Waals surface area contributed by atoms with E-state index in [2.05, 4.69) is 60.9 Å².